The van der Waals surface area contributed by atoms with Gasteiger partial charge in [-0.25, -0.2) is 9.13 Å². The van der Waals surface area contributed by atoms with Crippen LogP contribution in [0.2, 0.25) is 0 Å². The summed E-state index contributed by atoms with van der Waals surface area (Å²) in [4.78, 5) is 72.9. The van der Waals surface area contributed by atoms with Crippen molar-refractivity contribution in [1.29, 1.82) is 0 Å². The van der Waals surface area contributed by atoms with Crippen molar-refractivity contribution >= 4 is 39.5 Å². The van der Waals surface area contributed by atoms with Crippen LogP contribution in [0.3, 0.4) is 0 Å². The zero-order valence-electron chi connectivity index (χ0n) is 63.2. The van der Waals surface area contributed by atoms with Crippen LogP contribution in [0.4, 0.5) is 0 Å². The van der Waals surface area contributed by atoms with E-state index in [4.69, 9.17) is 37.0 Å². The number of hydrogen-bond acceptors (Lipinski definition) is 15. The number of carbonyl (C=O) groups excluding carboxylic acids is 4. The summed E-state index contributed by atoms with van der Waals surface area (Å²) in [5.41, 5.74) is 0. The quantitative estimate of drug-likeness (QED) is 0.0222. The molecule has 5 atom stereocenters. The lowest BCUT2D eigenvalue weighted by molar-refractivity contribution is -0.161. The van der Waals surface area contributed by atoms with E-state index < -0.39 is 97.5 Å². The van der Waals surface area contributed by atoms with Gasteiger partial charge in [0.2, 0.25) is 0 Å². The Hall–Kier alpha value is -1.94. The van der Waals surface area contributed by atoms with Gasteiger partial charge in [0, 0.05) is 25.7 Å². The Bertz CT molecular complexity index is 1860. The first-order valence-electron chi connectivity index (χ1n) is 40.6. The highest BCUT2D eigenvalue weighted by atomic mass is 31.2. The molecule has 0 amide bonds. The van der Waals surface area contributed by atoms with Crippen molar-refractivity contribution in [3.63, 3.8) is 0 Å². The van der Waals surface area contributed by atoms with Gasteiger partial charge >= 0.3 is 39.5 Å². The Balaban J connectivity index is 5.23. The molecule has 19 heteroatoms. The summed E-state index contributed by atoms with van der Waals surface area (Å²) in [7, 11) is -9.91. The maximum absolute atomic E-state index is 13.1. The Morgan fingerprint density at radius 3 is 0.701 bits per heavy atom. The fourth-order valence-electron chi connectivity index (χ4n) is 12.1. The average molecular weight is 1420 g/mol. The summed E-state index contributed by atoms with van der Waals surface area (Å²) in [6.07, 6.45) is 60.9. The molecule has 0 spiro atoms. The first-order chi connectivity index (χ1) is 47.0. The Morgan fingerprint density at radius 2 is 0.474 bits per heavy atom. The normalized spacial score (nSPS) is 13.9. The Morgan fingerprint density at radius 1 is 0.278 bits per heavy atom. The molecule has 17 nitrogen and oxygen atoms in total. The van der Waals surface area contributed by atoms with Crippen LogP contribution in [0, 0.1) is 5.92 Å². The summed E-state index contributed by atoms with van der Waals surface area (Å²) in [5, 5.41) is 10.6. The second kappa shape index (κ2) is 71.1. The molecule has 576 valence electrons. The van der Waals surface area contributed by atoms with Gasteiger partial charge in [0.05, 0.1) is 26.4 Å². The number of aliphatic hydroxyl groups is 1. The zero-order valence-corrected chi connectivity index (χ0v) is 65.0. The van der Waals surface area contributed by atoms with E-state index in [-0.39, 0.29) is 25.7 Å². The Labute approximate surface area is 594 Å². The first kappa shape index (κ1) is 95.1. The molecule has 0 aliphatic rings. The molecule has 0 saturated heterocycles. The molecule has 0 saturated carbocycles. The molecular formula is C78H152O17P2. The summed E-state index contributed by atoms with van der Waals surface area (Å²) < 4.78 is 68.6. The van der Waals surface area contributed by atoms with Gasteiger partial charge in [-0.2, -0.15) is 0 Å². The van der Waals surface area contributed by atoms with Crippen molar-refractivity contribution in [3.8, 4) is 0 Å². The van der Waals surface area contributed by atoms with Crippen LogP contribution in [0.5, 0.6) is 0 Å². The fourth-order valence-corrected chi connectivity index (χ4v) is 13.6. The van der Waals surface area contributed by atoms with E-state index in [1.165, 1.54) is 238 Å². The number of hydrogen-bond donors (Lipinski definition) is 3. The molecule has 0 aliphatic carbocycles. The number of ether oxygens (including phenoxy) is 4. The molecule has 97 heavy (non-hydrogen) atoms. The smallest absolute Gasteiger partial charge is 0.462 e. The minimum atomic E-state index is -4.96. The third-order valence-corrected chi connectivity index (χ3v) is 20.2. The lowest BCUT2D eigenvalue weighted by Crippen LogP contribution is -2.30. The van der Waals surface area contributed by atoms with Crippen LogP contribution in [-0.2, 0) is 65.4 Å². The second-order valence-corrected chi connectivity index (χ2v) is 31.5. The minimum absolute atomic E-state index is 0.108. The lowest BCUT2D eigenvalue weighted by Gasteiger charge is -2.21. The van der Waals surface area contributed by atoms with E-state index >= 15 is 0 Å². The molecule has 3 N–H and O–H groups in total. The van der Waals surface area contributed by atoms with Gasteiger partial charge in [-0.3, -0.25) is 37.3 Å². The van der Waals surface area contributed by atoms with Crippen molar-refractivity contribution in [2.24, 2.45) is 5.92 Å². The molecule has 0 aromatic heterocycles. The predicted molar refractivity (Wildman–Crippen MR) is 395 cm³/mol. The van der Waals surface area contributed by atoms with E-state index in [0.29, 0.717) is 25.7 Å². The monoisotopic (exact) mass is 1420 g/mol. The highest BCUT2D eigenvalue weighted by molar-refractivity contribution is 7.47. The van der Waals surface area contributed by atoms with Crippen molar-refractivity contribution in [2.75, 3.05) is 39.6 Å². The molecule has 0 heterocycles. The van der Waals surface area contributed by atoms with Crippen LogP contribution < -0.4 is 0 Å². The number of carbonyl (C=O) groups is 4. The fraction of sp³-hybridized carbons (Fsp3) is 0.949. The third kappa shape index (κ3) is 72.2. The summed E-state index contributed by atoms with van der Waals surface area (Å²) in [6, 6.07) is 0. The number of phosphoric ester groups is 2. The standard InChI is InChI=1S/C78H152O17P2/c1-6-9-12-15-18-21-23-25-27-28-30-34-39-44-49-54-59-64-78(83)95-74(68-89-76(81)62-57-52-47-42-37-35-31-32-36-41-45-50-55-60-71(4)5)70-93-97(86,87)91-66-72(79)65-90-96(84,85)92-69-73(67-88-75(80)61-56-51-46-40-20-17-14-11-8-3)94-77(82)63-58-53-48-43-38-33-29-26-24-22-19-16-13-10-7-2/h71-74,79H,6-70H2,1-5H3,(H,84,85)(H,86,87)/t72-,73+,74+/m0/s1. The Kier molecular flexibility index (Phi) is 69.6. The first-order valence-corrected chi connectivity index (χ1v) is 43.6. The van der Waals surface area contributed by atoms with E-state index in [1.54, 1.807) is 0 Å². The molecular weight excluding hydrogens is 1270 g/mol. The molecule has 0 fully saturated rings. The van der Waals surface area contributed by atoms with Gasteiger partial charge in [0.25, 0.3) is 0 Å². The zero-order chi connectivity index (χ0) is 71.2. The van der Waals surface area contributed by atoms with Crippen molar-refractivity contribution in [3.05, 3.63) is 0 Å². The third-order valence-electron chi connectivity index (χ3n) is 18.3. The molecule has 2 unspecified atom stereocenters. The van der Waals surface area contributed by atoms with Gasteiger partial charge in [0.1, 0.15) is 19.3 Å². The van der Waals surface area contributed by atoms with Gasteiger partial charge < -0.3 is 33.8 Å². The number of esters is 4. The summed E-state index contributed by atoms with van der Waals surface area (Å²) in [6.45, 7) is 7.32. The maximum Gasteiger partial charge on any atom is 0.472 e. The average Bonchev–Trinajstić information content (AvgIpc) is 1.36. The van der Waals surface area contributed by atoms with Gasteiger partial charge in [-0.05, 0) is 31.6 Å². The largest absolute Gasteiger partial charge is 0.472 e. The number of rotatable bonds is 78. The maximum atomic E-state index is 13.1. The van der Waals surface area contributed by atoms with Crippen molar-refractivity contribution < 1.29 is 80.2 Å². The molecule has 0 radical (unpaired) electrons. The van der Waals surface area contributed by atoms with E-state index in [2.05, 4.69) is 34.6 Å². The number of unbranched alkanes of at least 4 members (excludes halogenated alkanes) is 50. The minimum Gasteiger partial charge on any atom is -0.462 e. The van der Waals surface area contributed by atoms with E-state index in [1.807, 2.05) is 0 Å². The van der Waals surface area contributed by atoms with Gasteiger partial charge in [-0.1, -0.05) is 362 Å². The van der Waals surface area contributed by atoms with Crippen molar-refractivity contribution in [1.82, 2.24) is 0 Å². The van der Waals surface area contributed by atoms with Crippen molar-refractivity contribution in [2.45, 2.75) is 432 Å². The molecule has 0 bridgehead atoms. The van der Waals surface area contributed by atoms with Gasteiger partial charge in [-0.15, -0.1) is 0 Å². The molecule has 0 rings (SSSR count). The highest BCUT2D eigenvalue weighted by Crippen LogP contribution is 2.45. The van der Waals surface area contributed by atoms with Gasteiger partial charge in [0.15, 0.2) is 12.2 Å². The van der Waals surface area contributed by atoms with Crippen LogP contribution in [0.25, 0.3) is 0 Å². The van der Waals surface area contributed by atoms with Crippen LogP contribution in [0.15, 0.2) is 0 Å². The molecule has 0 aromatic carbocycles. The predicted octanol–water partition coefficient (Wildman–Crippen LogP) is 23.3. The van der Waals surface area contributed by atoms with Crippen LogP contribution in [-0.4, -0.2) is 96.7 Å². The van der Waals surface area contributed by atoms with Crippen LogP contribution >= 0.6 is 15.6 Å². The topological polar surface area (TPSA) is 237 Å². The molecule has 0 aliphatic heterocycles. The van der Waals surface area contributed by atoms with E-state index in [0.717, 1.165) is 95.8 Å². The lowest BCUT2D eigenvalue weighted by atomic mass is 10.0. The van der Waals surface area contributed by atoms with E-state index in [9.17, 15) is 43.2 Å². The number of phosphoric acid groups is 2. The summed E-state index contributed by atoms with van der Waals surface area (Å²) in [5.74, 6) is -1.32. The molecule has 0 aromatic rings. The highest BCUT2D eigenvalue weighted by Gasteiger charge is 2.30. The SMILES string of the molecule is CCCCCCCCCCCCCCCCCCCC(=O)O[C@H](COC(=O)CCCCCCCCCCCCCCCC(C)C)COP(=O)(O)OC[C@@H](O)COP(=O)(O)OC[C@@H](COC(=O)CCCCCCCCCCC)OC(=O)CCCCCCCCCCCCCCCCC. The number of aliphatic hydroxyl groups excluding tert-OH is 1. The van der Waals surface area contributed by atoms with Crippen LogP contribution in [0.1, 0.15) is 413 Å². The second-order valence-electron chi connectivity index (χ2n) is 28.6. The summed E-state index contributed by atoms with van der Waals surface area (Å²) >= 11 is 0.